The van der Waals surface area contributed by atoms with E-state index in [0.29, 0.717) is 16.5 Å². The van der Waals surface area contributed by atoms with Crippen LogP contribution in [-0.4, -0.2) is 44.7 Å². The Bertz CT molecular complexity index is 1510. The fourth-order valence-corrected chi connectivity index (χ4v) is 5.78. The van der Waals surface area contributed by atoms with Crippen LogP contribution in [0.4, 0.5) is 11.4 Å². The lowest BCUT2D eigenvalue weighted by molar-refractivity contribution is -0.384. The van der Waals surface area contributed by atoms with E-state index >= 15 is 0 Å². The van der Waals surface area contributed by atoms with Crippen molar-refractivity contribution in [2.75, 3.05) is 25.5 Å². The Hall–Kier alpha value is -4.44. The molecular weight excluding hydrogens is 524 g/mol. The van der Waals surface area contributed by atoms with Crippen molar-refractivity contribution in [3.8, 4) is 11.4 Å². The van der Waals surface area contributed by atoms with Crippen LogP contribution < -0.4 is 15.4 Å². The van der Waals surface area contributed by atoms with Gasteiger partial charge in [-0.2, -0.15) is 0 Å². The molecule has 0 saturated carbocycles. The second-order valence-electron chi connectivity index (χ2n) is 9.74. The summed E-state index contributed by atoms with van der Waals surface area (Å²) in [6.45, 7) is 5.49. The lowest BCUT2D eigenvalue weighted by atomic mass is 9.96. The highest BCUT2D eigenvalue weighted by Crippen LogP contribution is 2.42. The van der Waals surface area contributed by atoms with E-state index in [0.717, 1.165) is 47.8 Å². The first-order valence-corrected chi connectivity index (χ1v) is 13.6. The van der Waals surface area contributed by atoms with Crippen LogP contribution in [0.1, 0.15) is 41.1 Å². The van der Waals surface area contributed by atoms with Gasteiger partial charge in [-0.15, -0.1) is 0 Å². The minimum atomic E-state index is -0.370. The smallest absolute Gasteiger partial charge is 0.296 e. The maximum absolute atomic E-state index is 12.0. The normalized spacial score (nSPS) is 16.6. The van der Waals surface area contributed by atoms with Crippen molar-refractivity contribution in [2.45, 2.75) is 32.4 Å². The Kier molecular flexibility index (Phi) is 7.97. The highest BCUT2D eigenvalue weighted by molar-refractivity contribution is 7.80. The summed E-state index contributed by atoms with van der Waals surface area (Å²) in [5, 5.41) is 19.7. The second kappa shape index (κ2) is 11.7. The molecule has 40 heavy (non-hydrogen) atoms. The number of aromatic nitrogens is 2. The molecule has 0 spiro atoms. The molecule has 1 saturated heterocycles. The summed E-state index contributed by atoms with van der Waals surface area (Å²) in [6.07, 6.45) is 2.65. The maximum atomic E-state index is 12.0. The summed E-state index contributed by atoms with van der Waals surface area (Å²) in [6, 6.07) is 22.7. The number of hydrogen-bond acceptors (Lipinski definition) is 6. The summed E-state index contributed by atoms with van der Waals surface area (Å²) in [7, 11) is 1.50. The van der Waals surface area contributed by atoms with Crippen LogP contribution in [0.2, 0.25) is 0 Å². The molecule has 4 aromatic rings. The van der Waals surface area contributed by atoms with E-state index in [1.807, 2.05) is 54.8 Å². The molecule has 0 amide bonds. The molecule has 1 aliphatic heterocycles. The molecule has 3 heterocycles. The van der Waals surface area contributed by atoms with E-state index in [4.69, 9.17) is 17.0 Å². The third-order valence-corrected chi connectivity index (χ3v) is 7.64. The number of pyridine rings is 1. The Morgan fingerprint density at radius 3 is 2.58 bits per heavy atom. The first-order chi connectivity index (χ1) is 19.4. The predicted molar refractivity (Wildman–Crippen MR) is 160 cm³/mol. The fraction of sp³-hybridized carbons (Fsp3) is 0.267. The maximum Gasteiger partial charge on any atom is 0.296 e. The minimum Gasteiger partial charge on any atom is -0.496 e. The first kappa shape index (κ1) is 27.1. The lowest BCUT2D eigenvalue weighted by Gasteiger charge is -2.28. The molecule has 206 valence electrons. The standard InChI is InChI=1S/C30H32N6O3S/c1-20-18-24(21(2)35(20)26-14-13-23(39-3)19-27(26)36(37)38)29-28(25-12-7-8-15-32-25)33-30(40)34(29)17-9-16-31-22-10-5-4-6-11-22/h4-8,10-15,18-19,28-29,31H,9,16-17H2,1-3H3,(H,33,40). The van der Waals surface area contributed by atoms with Crippen LogP contribution in [-0.2, 0) is 0 Å². The van der Waals surface area contributed by atoms with Gasteiger partial charge in [0.2, 0.25) is 0 Å². The van der Waals surface area contributed by atoms with Gasteiger partial charge in [0, 0.05) is 36.4 Å². The van der Waals surface area contributed by atoms with E-state index in [-0.39, 0.29) is 22.7 Å². The van der Waals surface area contributed by atoms with Crippen molar-refractivity contribution in [3.63, 3.8) is 0 Å². The molecule has 5 rings (SSSR count). The number of para-hydroxylation sites is 1. The molecule has 10 heteroatoms. The average Bonchev–Trinajstić information content (AvgIpc) is 3.45. The monoisotopic (exact) mass is 556 g/mol. The van der Waals surface area contributed by atoms with Crippen LogP contribution in [0.15, 0.2) is 79.0 Å². The Balaban J connectivity index is 1.50. The molecule has 2 N–H and O–H groups in total. The predicted octanol–water partition coefficient (Wildman–Crippen LogP) is 5.88. The summed E-state index contributed by atoms with van der Waals surface area (Å²) >= 11 is 5.85. The van der Waals surface area contributed by atoms with E-state index in [2.05, 4.69) is 38.7 Å². The number of benzene rings is 2. The van der Waals surface area contributed by atoms with Crippen molar-refractivity contribution in [2.24, 2.45) is 0 Å². The van der Waals surface area contributed by atoms with Gasteiger partial charge in [0.25, 0.3) is 5.69 Å². The van der Waals surface area contributed by atoms with Crippen LogP contribution in [0, 0.1) is 24.0 Å². The number of thiocarbonyl (C=S) groups is 1. The highest BCUT2D eigenvalue weighted by Gasteiger charge is 2.41. The number of rotatable bonds is 10. The number of nitrogens with zero attached hydrogens (tertiary/aromatic N) is 4. The van der Waals surface area contributed by atoms with Crippen LogP contribution in [0.5, 0.6) is 5.75 Å². The van der Waals surface area contributed by atoms with Crippen molar-refractivity contribution in [3.05, 3.63) is 112 Å². The number of nitro benzene ring substituents is 1. The van der Waals surface area contributed by atoms with Gasteiger partial charge in [-0.05, 0) is 80.5 Å². The average molecular weight is 557 g/mol. The molecule has 9 nitrogen and oxygen atoms in total. The molecule has 2 unspecified atom stereocenters. The number of methoxy groups -OCH3 is 1. The topological polar surface area (TPSA) is 97.5 Å². The SMILES string of the molecule is COc1ccc(-n2c(C)cc(C3C(c4ccccn4)NC(=S)N3CCCNc3ccccc3)c2C)c([N+](=O)[O-])c1. The third kappa shape index (κ3) is 5.35. The Morgan fingerprint density at radius 1 is 1.10 bits per heavy atom. The zero-order chi connectivity index (χ0) is 28.2. The van der Waals surface area contributed by atoms with Gasteiger partial charge in [0.15, 0.2) is 5.11 Å². The number of aryl methyl sites for hydroxylation is 1. The van der Waals surface area contributed by atoms with Gasteiger partial charge >= 0.3 is 0 Å². The fourth-order valence-electron chi connectivity index (χ4n) is 5.45. The second-order valence-corrected chi connectivity index (χ2v) is 10.1. The number of nitrogens with one attached hydrogen (secondary N) is 2. The number of anilines is 1. The van der Waals surface area contributed by atoms with Gasteiger partial charge in [0.05, 0.1) is 35.9 Å². The van der Waals surface area contributed by atoms with Crippen LogP contribution in [0.25, 0.3) is 5.69 Å². The molecule has 1 fully saturated rings. The molecule has 2 aromatic carbocycles. The largest absolute Gasteiger partial charge is 0.496 e. The van der Waals surface area contributed by atoms with E-state index in [1.165, 1.54) is 13.2 Å². The van der Waals surface area contributed by atoms with Gasteiger partial charge in [-0.1, -0.05) is 24.3 Å². The minimum absolute atomic E-state index is 0.0158. The zero-order valence-electron chi connectivity index (χ0n) is 22.7. The highest BCUT2D eigenvalue weighted by atomic mass is 32.1. The van der Waals surface area contributed by atoms with E-state index < -0.39 is 0 Å². The zero-order valence-corrected chi connectivity index (χ0v) is 23.5. The van der Waals surface area contributed by atoms with Crippen LogP contribution in [0.3, 0.4) is 0 Å². The number of nitro groups is 1. The van der Waals surface area contributed by atoms with Gasteiger partial charge in [-0.3, -0.25) is 15.1 Å². The quantitative estimate of drug-likeness (QED) is 0.108. The number of ether oxygens (including phenoxy) is 1. The number of hydrogen-bond donors (Lipinski definition) is 2. The lowest BCUT2D eigenvalue weighted by Crippen LogP contribution is -2.31. The van der Waals surface area contributed by atoms with Crippen LogP contribution >= 0.6 is 12.2 Å². The van der Waals surface area contributed by atoms with E-state index in [1.54, 1.807) is 18.3 Å². The summed E-state index contributed by atoms with van der Waals surface area (Å²) in [4.78, 5) is 18.5. The van der Waals surface area contributed by atoms with Crippen molar-refractivity contribution >= 4 is 28.7 Å². The van der Waals surface area contributed by atoms with Crippen molar-refractivity contribution in [1.29, 1.82) is 0 Å². The van der Waals surface area contributed by atoms with E-state index in [9.17, 15) is 10.1 Å². The molecule has 0 bridgehead atoms. The first-order valence-electron chi connectivity index (χ1n) is 13.2. The summed E-state index contributed by atoms with van der Waals surface area (Å²) in [5.74, 6) is 0.439. The molecule has 2 aromatic heterocycles. The molecule has 1 aliphatic rings. The molecule has 2 atom stereocenters. The van der Waals surface area contributed by atoms with Gasteiger partial charge < -0.3 is 24.8 Å². The van der Waals surface area contributed by atoms with Gasteiger partial charge in [0.1, 0.15) is 11.4 Å². The summed E-state index contributed by atoms with van der Waals surface area (Å²) in [5.41, 5.74) is 5.30. The molecular formula is C30H32N6O3S. The Morgan fingerprint density at radius 2 is 1.88 bits per heavy atom. The molecule has 0 aliphatic carbocycles. The Labute approximate surface area is 239 Å². The van der Waals surface area contributed by atoms with Crippen molar-refractivity contribution < 1.29 is 9.66 Å². The van der Waals surface area contributed by atoms with Crippen molar-refractivity contribution in [1.82, 2.24) is 19.8 Å². The summed E-state index contributed by atoms with van der Waals surface area (Å²) < 4.78 is 7.20. The third-order valence-electron chi connectivity index (χ3n) is 7.29. The van der Waals surface area contributed by atoms with Gasteiger partial charge in [-0.25, -0.2) is 0 Å². The molecule has 0 radical (unpaired) electrons.